The highest BCUT2D eigenvalue weighted by atomic mass is 16.6. The van der Waals surface area contributed by atoms with Crippen LogP contribution in [0.25, 0.3) is 6.08 Å². The number of carbonyl (C=O) groups excluding carboxylic acids is 3. The molecule has 1 aliphatic rings. The summed E-state index contributed by atoms with van der Waals surface area (Å²) in [6.07, 6.45) is 1.21. The zero-order chi connectivity index (χ0) is 22.5. The van der Waals surface area contributed by atoms with E-state index in [9.17, 15) is 24.5 Å². The zero-order valence-electron chi connectivity index (χ0n) is 16.5. The monoisotopic (exact) mass is 427 g/mol. The van der Waals surface area contributed by atoms with Gasteiger partial charge in [-0.2, -0.15) is 0 Å². The first-order chi connectivity index (χ1) is 14.8. The summed E-state index contributed by atoms with van der Waals surface area (Å²) >= 11 is 0. The summed E-state index contributed by atoms with van der Waals surface area (Å²) in [5.74, 6) is -2.37. The predicted molar refractivity (Wildman–Crippen MR) is 107 cm³/mol. The molecule has 31 heavy (non-hydrogen) atoms. The highest BCUT2D eigenvalue weighted by Gasteiger charge is 2.34. The Labute approximate surface area is 175 Å². The van der Waals surface area contributed by atoms with Crippen LogP contribution >= 0.6 is 0 Å². The second-order valence-electron chi connectivity index (χ2n) is 6.17. The summed E-state index contributed by atoms with van der Waals surface area (Å²) in [7, 11) is 2.40. The van der Waals surface area contributed by atoms with Crippen molar-refractivity contribution in [1.29, 1.82) is 0 Å². The SMILES string of the molecule is COC(=O)COc1c(OC)cc(C=C2C(=O)NN(c3ccccc3)C2=O)cc1[N+](=O)[O-]. The van der Waals surface area contributed by atoms with Gasteiger partial charge in [0.05, 0.1) is 24.8 Å². The van der Waals surface area contributed by atoms with Gasteiger partial charge in [0, 0.05) is 6.07 Å². The van der Waals surface area contributed by atoms with Crippen molar-refractivity contribution >= 4 is 35.2 Å². The lowest BCUT2D eigenvalue weighted by atomic mass is 10.1. The Morgan fingerprint density at radius 2 is 1.90 bits per heavy atom. The van der Waals surface area contributed by atoms with Gasteiger partial charge in [0.2, 0.25) is 5.75 Å². The molecule has 0 spiro atoms. The van der Waals surface area contributed by atoms with Crippen molar-refractivity contribution in [3.05, 3.63) is 63.7 Å². The van der Waals surface area contributed by atoms with Gasteiger partial charge in [0.25, 0.3) is 11.8 Å². The van der Waals surface area contributed by atoms with Gasteiger partial charge in [-0.15, -0.1) is 0 Å². The van der Waals surface area contributed by atoms with Crippen molar-refractivity contribution in [2.24, 2.45) is 0 Å². The van der Waals surface area contributed by atoms with Crippen molar-refractivity contribution in [2.45, 2.75) is 0 Å². The van der Waals surface area contributed by atoms with Crippen molar-refractivity contribution in [3.63, 3.8) is 0 Å². The summed E-state index contributed by atoms with van der Waals surface area (Å²) in [5.41, 5.74) is 2.32. The molecule has 0 aliphatic carbocycles. The van der Waals surface area contributed by atoms with E-state index in [2.05, 4.69) is 10.2 Å². The number of amides is 2. The summed E-state index contributed by atoms with van der Waals surface area (Å²) in [5, 5.41) is 12.6. The molecule has 0 saturated carbocycles. The Morgan fingerprint density at radius 1 is 1.19 bits per heavy atom. The van der Waals surface area contributed by atoms with Gasteiger partial charge in [0.15, 0.2) is 12.4 Å². The van der Waals surface area contributed by atoms with E-state index in [0.717, 1.165) is 18.2 Å². The van der Waals surface area contributed by atoms with Crippen LogP contribution in [0.3, 0.4) is 0 Å². The van der Waals surface area contributed by atoms with Crippen molar-refractivity contribution in [3.8, 4) is 11.5 Å². The van der Waals surface area contributed by atoms with Crippen molar-refractivity contribution in [2.75, 3.05) is 25.8 Å². The van der Waals surface area contributed by atoms with Crippen LogP contribution in [0.2, 0.25) is 0 Å². The number of esters is 1. The summed E-state index contributed by atoms with van der Waals surface area (Å²) in [6, 6.07) is 10.9. The quantitative estimate of drug-likeness (QED) is 0.231. The Balaban J connectivity index is 1.99. The van der Waals surface area contributed by atoms with Crippen molar-refractivity contribution in [1.82, 2.24) is 5.43 Å². The molecule has 1 saturated heterocycles. The number of nitrogens with zero attached hydrogens (tertiary/aromatic N) is 2. The Bertz CT molecular complexity index is 1080. The maximum absolute atomic E-state index is 12.7. The van der Waals surface area contributed by atoms with Crippen LogP contribution < -0.4 is 19.9 Å². The number of nitrogens with one attached hydrogen (secondary N) is 1. The third-order valence-corrected chi connectivity index (χ3v) is 4.25. The maximum atomic E-state index is 12.7. The molecule has 160 valence electrons. The number of ether oxygens (including phenoxy) is 3. The summed E-state index contributed by atoms with van der Waals surface area (Å²) in [6.45, 7) is -0.568. The third-order valence-electron chi connectivity index (χ3n) is 4.25. The molecule has 0 unspecified atom stereocenters. The number of benzene rings is 2. The van der Waals surface area contributed by atoms with Crippen molar-refractivity contribution < 1.29 is 33.5 Å². The van der Waals surface area contributed by atoms with E-state index in [-0.39, 0.29) is 22.6 Å². The van der Waals surface area contributed by atoms with Crippen LogP contribution in [-0.4, -0.2) is 43.5 Å². The Hall–Kier alpha value is -4.41. The lowest BCUT2D eigenvalue weighted by Gasteiger charge is -2.14. The van der Waals surface area contributed by atoms with Crippen LogP contribution in [0.5, 0.6) is 11.5 Å². The summed E-state index contributed by atoms with van der Waals surface area (Å²) < 4.78 is 14.8. The van der Waals surface area contributed by atoms with Gasteiger partial charge >= 0.3 is 11.7 Å². The topological polar surface area (TPSA) is 137 Å². The first-order valence-corrected chi connectivity index (χ1v) is 8.84. The van der Waals surface area contributed by atoms with E-state index in [1.165, 1.54) is 19.3 Å². The lowest BCUT2D eigenvalue weighted by molar-refractivity contribution is -0.385. The minimum Gasteiger partial charge on any atom is -0.493 e. The maximum Gasteiger partial charge on any atom is 0.343 e. The molecule has 3 rings (SSSR count). The van der Waals surface area contributed by atoms with Crippen LogP contribution in [0, 0.1) is 10.1 Å². The highest BCUT2D eigenvalue weighted by Crippen LogP contribution is 2.39. The lowest BCUT2D eigenvalue weighted by Crippen LogP contribution is -2.35. The number of para-hydroxylation sites is 1. The molecule has 1 N–H and O–H groups in total. The largest absolute Gasteiger partial charge is 0.493 e. The predicted octanol–water partition coefficient (Wildman–Crippen LogP) is 1.62. The van der Waals surface area contributed by atoms with E-state index >= 15 is 0 Å². The molecule has 1 aliphatic heterocycles. The molecule has 11 heteroatoms. The second kappa shape index (κ2) is 8.95. The van der Waals surface area contributed by atoms with Gasteiger partial charge < -0.3 is 14.2 Å². The molecule has 0 bridgehead atoms. The number of rotatable bonds is 7. The molecule has 0 atom stereocenters. The van der Waals surface area contributed by atoms with E-state index in [0.29, 0.717) is 5.69 Å². The molecule has 2 aromatic carbocycles. The zero-order valence-corrected chi connectivity index (χ0v) is 16.5. The van der Waals surface area contributed by atoms with E-state index in [4.69, 9.17) is 9.47 Å². The molecule has 0 aromatic heterocycles. The Morgan fingerprint density at radius 3 is 2.52 bits per heavy atom. The molecule has 1 heterocycles. The Kier molecular flexibility index (Phi) is 6.15. The fourth-order valence-electron chi connectivity index (χ4n) is 2.80. The van der Waals surface area contributed by atoms with E-state index in [1.54, 1.807) is 30.3 Å². The minimum absolute atomic E-state index is 0.0595. The van der Waals surface area contributed by atoms with Crippen LogP contribution in [0.4, 0.5) is 11.4 Å². The highest BCUT2D eigenvalue weighted by molar-refractivity contribution is 6.31. The molecule has 2 amide bonds. The van der Waals surface area contributed by atoms with E-state index in [1.807, 2.05) is 0 Å². The summed E-state index contributed by atoms with van der Waals surface area (Å²) in [4.78, 5) is 47.2. The average Bonchev–Trinajstić information content (AvgIpc) is 3.06. The first kappa shape index (κ1) is 21.3. The van der Waals surface area contributed by atoms with Gasteiger partial charge in [0.1, 0.15) is 5.57 Å². The van der Waals surface area contributed by atoms with Gasteiger partial charge in [-0.3, -0.25) is 25.1 Å². The normalized spacial score (nSPS) is 14.4. The molecular weight excluding hydrogens is 410 g/mol. The fourth-order valence-corrected chi connectivity index (χ4v) is 2.80. The van der Waals surface area contributed by atoms with E-state index < -0.39 is 35.0 Å². The van der Waals surface area contributed by atoms with Crippen LogP contribution in [-0.2, 0) is 19.1 Å². The minimum atomic E-state index is -0.739. The smallest absolute Gasteiger partial charge is 0.343 e. The first-order valence-electron chi connectivity index (χ1n) is 8.84. The number of hydrazine groups is 1. The number of carbonyl (C=O) groups is 3. The molecule has 0 radical (unpaired) electrons. The number of nitro groups is 1. The van der Waals surface area contributed by atoms with Gasteiger partial charge in [-0.05, 0) is 29.8 Å². The molecular formula is C20H17N3O8. The fraction of sp³-hybridized carbons (Fsp3) is 0.150. The number of nitro benzene ring substituents is 1. The second-order valence-corrected chi connectivity index (χ2v) is 6.17. The molecule has 1 fully saturated rings. The molecule has 2 aromatic rings. The average molecular weight is 427 g/mol. The van der Waals surface area contributed by atoms with Gasteiger partial charge in [-0.25, -0.2) is 9.80 Å². The number of methoxy groups -OCH3 is 2. The third kappa shape index (κ3) is 4.45. The number of hydrogen-bond donors (Lipinski definition) is 1. The van der Waals surface area contributed by atoms with Crippen LogP contribution in [0.1, 0.15) is 5.56 Å². The van der Waals surface area contributed by atoms with Crippen LogP contribution in [0.15, 0.2) is 48.0 Å². The standard InChI is InChI=1S/C20H17N3O8/c1-29-16-10-12(9-15(23(27)28)18(16)31-11-17(24)30-2)8-14-19(25)21-22(20(14)26)13-6-4-3-5-7-13/h3-10H,11H2,1-2H3,(H,21,25). The molecule has 11 nitrogen and oxygen atoms in total. The number of hydrogen-bond acceptors (Lipinski definition) is 8. The number of anilines is 1. The van der Waals surface area contributed by atoms with Gasteiger partial charge in [-0.1, -0.05) is 18.2 Å².